The fraction of sp³-hybridized carbons (Fsp3) is 1.00. The van der Waals surface area contributed by atoms with Crippen molar-refractivity contribution in [3.05, 3.63) is 0 Å². The number of aliphatic hydroxyl groups is 1. The molecular formula is C10H22O4. The lowest BCUT2D eigenvalue weighted by Crippen LogP contribution is -2.36. The number of hydrogen-bond donors (Lipinski definition) is 1. The minimum Gasteiger partial charge on any atom is -0.353 e. The Kier molecular flexibility index (Phi) is 7.09. The van der Waals surface area contributed by atoms with Gasteiger partial charge in [-0.25, -0.2) is 0 Å². The summed E-state index contributed by atoms with van der Waals surface area (Å²) in [5.74, 6) is -1.56. The van der Waals surface area contributed by atoms with E-state index in [1.807, 2.05) is 0 Å². The van der Waals surface area contributed by atoms with Crippen molar-refractivity contribution in [1.82, 2.24) is 0 Å². The van der Waals surface area contributed by atoms with Crippen molar-refractivity contribution in [2.45, 2.75) is 52.8 Å². The molecule has 0 aliphatic rings. The molecule has 0 fully saturated rings. The molecule has 0 aliphatic carbocycles. The van der Waals surface area contributed by atoms with E-state index in [0.29, 0.717) is 13.2 Å². The summed E-state index contributed by atoms with van der Waals surface area (Å²) in [4.78, 5) is 0. The average molecular weight is 206 g/mol. The Morgan fingerprint density at radius 2 is 2.00 bits per heavy atom. The summed E-state index contributed by atoms with van der Waals surface area (Å²) in [6.07, 6.45) is 1.61. The molecule has 4 nitrogen and oxygen atoms in total. The van der Waals surface area contributed by atoms with Gasteiger partial charge in [0.1, 0.15) is 0 Å². The fourth-order valence-corrected chi connectivity index (χ4v) is 1.04. The van der Waals surface area contributed by atoms with Gasteiger partial charge in [-0.3, -0.25) is 4.74 Å². The van der Waals surface area contributed by atoms with E-state index in [9.17, 15) is 5.11 Å². The number of unbranched alkanes of at least 4 members (excludes halogenated alkanes) is 1. The van der Waals surface area contributed by atoms with Crippen LogP contribution in [0.15, 0.2) is 0 Å². The molecule has 0 saturated heterocycles. The van der Waals surface area contributed by atoms with Crippen molar-refractivity contribution in [2.75, 3.05) is 13.2 Å². The SMILES string of the molecule is CCCCOC(C)OC(C)(O)OCC. The molecule has 0 aromatic heterocycles. The minimum absolute atomic E-state index is 0.397. The van der Waals surface area contributed by atoms with Gasteiger partial charge in [0.05, 0.1) is 0 Å². The van der Waals surface area contributed by atoms with Crippen molar-refractivity contribution in [2.24, 2.45) is 0 Å². The van der Waals surface area contributed by atoms with E-state index in [4.69, 9.17) is 14.2 Å². The summed E-state index contributed by atoms with van der Waals surface area (Å²) in [5, 5.41) is 9.52. The first kappa shape index (κ1) is 13.8. The first-order valence-electron chi connectivity index (χ1n) is 5.17. The van der Waals surface area contributed by atoms with Crippen LogP contribution in [0.2, 0.25) is 0 Å². The van der Waals surface area contributed by atoms with Crippen LogP contribution in [0.3, 0.4) is 0 Å². The first-order valence-corrected chi connectivity index (χ1v) is 5.17. The highest BCUT2D eigenvalue weighted by Gasteiger charge is 2.24. The molecule has 4 heteroatoms. The highest BCUT2D eigenvalue weighted by molar-refractivity contribution is 4.44. The third-order valence-corrected chi connectivity index (χ3v) is 1.65. The second kappa shape index (κ2) is 7.17. The monoisotopic (exact) mass is 206 g/mol. The van der Waals surface area contributed by atoms with Gasteiger partial charge in [0, 0.05) is 20.1 Å². The Morgan fingerprint density at radius 1 is 1.36 bits per heavy atom. The maximum Gasteiger partial charge on any atom is 0.279 e. The van der Waals surface area contributed by atoms with Gasteiger partial charge in [-0.05, 0) is 20.3 Å². The van der Waals surface area contributed by atoms with Crippen molar-refractivity contribution >= 4 is 0 Å². The maximum atomic E-state index is 9.52. The molecule has 0 spiro atoms. The third kappa shape index (κ3) is 7.26. The minimum atomic E-state index is -1.56. The van der Waals surface area contributed by atoms with Crippen LogP contribution in [-0.2, 0) is 14.2 Å². The number of ether oxygens (including phenoxy) is 3. The highest BCUT2D eigenvalue weighted by atomic mass is 16.9. The van der Waals surface area contributed by atoms with E-state index in [2.05, 4.69) is 6.92 Å². The van der Waals surface area contributed by atoms with Crippen molar-refractivity contribution < 1.29 is 19.3 Å². The van der Waals surface area contributed by atoms with Gasteiger partial charge >= 0.3 is 0 Å². The molecule has 0 bridgehead atoms. The molecule has 0 heterocycles. The molecule has 0 aromatic rings. The molecule has 1 N–H and O–H groups in total. The van der Waals surface area contributed by atoms with Crippen molar-refractivity contribution in [3.8, 4) is 0 Å². The van der Waals surface area contributed by atoms with Gasteiger partial charge in [-0.15, -0.1) is 0 Å². The number of rotatable bonds is 8. The van der Waals surface area contributed by atoms with Gasteiger partial charge in [0.25, 0.3) is 5.97 Å². The topological polar surface area (TPSA) is 47.9 Å². The molecule has 2 atom stereocenters. The van der Waals surface area contributed by atoms with Crippen LogP contribution in [0.4, 0.5) is 0 Å². The molecule has 0 aromatic carbocycles. The van der Waals surface area contributed by atoms with E-state index in [1.165, 1.54) is 6.92 Å². The summed E-state index contributed by atoms with van der Waals surface area (Å²) < 4.78 is 15.4. The Hall–Kier alpha value is -0.160. The van der Waals surface area contributed by atoms with E-state index in [0.717, 1.165) is 12.8 Å². The average Bonchev–Trinajstić information content (AvgIpc) is 2.03. The molecular weight excluding hydrogens is 184 g/mol. The van der Waals surface area contributed by atoms with Crippen LogP contribution in [0.5, 0.6) is 0 Å². The van der Waals surface area contributed by atoms with Crippen LogP contribution in [0.25, 0.3) is 0 Å². The number of hydrogen-bond acceptors (Lipinski definition) is 4. The quantitative estimate of drug-likeness (QED) is 0.486. The molecule has 2 unspecified atom stereocenters. The summed E-state index contributed by atoms with van der Waals surface area (Å²) in [6, 6.07) is 0. The van der Waals surface area contributed by atoms with E-state index >= 15 is 0 Å². The van der Waals surface area contributed by atoms with Gasteiger partial charge < -0.3 is 14.6 Å². The zero-order chi connectivity index (χ0) is 11.0. The van der Waals surface area contributed by atoms with Crippen molar-refractivity contribution in [1.29, 1.82) is 0 Å². The molecule has 0 aliphatic heterocycles. The molecule has 0 radical (unpaired) electrons. The Bertz CT molecular complexity index is 136. The molecule has 0 saturated carbocycles. The van der Waals surface area contributed by atoms with E-state index in [1.54, 1.807) is 13.8 Å². The smallest absolute Gasteiger partial charge is 0.279 e. The summed E-state index contributed by atoms with van der Waals surface area (Å²) >= 11 is 0. The van der Waals surface area contributed by atoms with Crippen LogP contribution >= 0.6 is 0 Å². The van der Waals surface area contributed by atoms with Gasteiger partial charge in [-0.2, -0.15) is 0 Å². The second-order valence-electron chi connectivity index (χ2n) is 3.24. The molecule has 0 rings (SSSR count). The predicted molar refractivity (Wildman–Crippen MR) is 53.7 cm³/mol. The Morgan fingerprint density at radius 3 is 2.50 bits per heavy atom. The lowest BCUT2D eigenvalue weighted by molar-refractivity contribution is -0.389. The molecule has 14 heavy (non-hydrogen) atoms. The van der Waals surface area contributed by atoms with Gasteiger partial charge in [0.15, 0.2) is 6.29 Å². The van der Waals surface area contributed by atoms with Crippen LogP contribution in [-0.4, -0.2) is 30.6 Å². The third-order valence-electron chi connectivity index (χ3n) is 1.65. The van der Waals surface area contributed by atoms with Crippen LogP contribution < -0.4 is 0 Å². The van der Waals surface area contributed by atoms with Gasteiger partial charge in [0.2, 0.25) is 0 Å². The molecule has 0 amide bonds. The largest absolute Gasteiger partial charge is 0.353 e. The van der Waals surface area contributed by atoms with Crippen LogP contribution in [0, 0.1) is 0 Å². The normalized spacial score (nSPS) is 17.8. The lowest BCUT2D eigenvalue weighted by Gasteiger charge is -2.26. The first-order chi connectivity index (χ1) is 6.52. The maximum absolute atomic E-state index is 9.52. The lowest BCUT2D eigenvalue weighted by atomic mass is 10.4. The second-order valence-corrected chi connectivity index (χ2v) is 3.24. The Labute approximate surface area is 86.2 Å². The zero-order valence-corrected chi connectivity index (χ0v) is 9.58. The standard InChI is InChI=1S/C10H22O4/c1-5-7-8-12-9(3)14-10(4,11)13-6-2/h9,11H,5-8H2,1-4H3. The summed E-state index contributed by atoms with van der Waals surface area (Å²) in [5.41, 5.74) is 0. The molecule has 86 valence electrons. The van der Waals surface area contributed by atoms with Crippen LogP contribution in [0.1, 0.15) is 40.5 Å². The zero-order valence-electron chi connectivity index (χ0n) is 9.58. The predicted octanol–water partition coefficient (Wildman–Crippen LogP) is 1.87. The van der Waals surface area contributed by atoms with Crippen molar-refractivity contribution in [3.63, 3.8) is 0 Å². The van der Waals surface area contributed by atoms with E-state index < -0.39 is 12.3 Å². The summed E-state index contributed by atoms with van der Waals surface area (Å²) in [6.45, 7) is 8.11. The van der Waals surface area contributed by atoms with Gasteiger partial charge in [-0.1, -0.05) is 13.3 Å². The summed E-state index contributed by atoms with van der Waals surface area (Å²) in [7, 11) is 0. The van der Waals surface area contributed by atoms with E-state index in [-0.39, 0.29) is 0 Å². The fourth-order valence-electron chi connectivity index (χ4n) is 1.04. The highest BCUT2D eigenvalue weighted by Crippen LogP contribution is 2.11. The Balaban J connectivity index is 3.63.